The monoisotopic (exact) mass is 917 g/mol. The highest BCUT2D eigenvalue weighted by Crippen LogP contribution is 2.76. The van der Waals surface area contributed by atoms with Crippen molar-refractivity contribution in [3.63, 3.8) is 0 Å². The third-order valence-electron chi connectivity index (χ3n) is 18.3. The van der Waals surface area contributed by atoms with E-state index in [1.54, 1.807) is 0 Å². The van der Waals surface area contributed by atoms with Crippen LogP contribution in [0.4, 0.5) is 0 Å². The smallest absolute Gasteiger partial charge is 0.187 e. The predicted octanol–water partition coefficient (Wildman–Crippen LogP) is 0.612. The molecule has 64 heavy (non-hydrogen) atoms. The first-order chi connectivity index (χ1) is 29.9. The van der Waals surface area contributed by atoms with Crippen molar-refractivity contribution in [2.75, 3.05) is 19.8 Å². The fraction of sp³-hybridized carbons (Fsp3) is 0.957. The summed E-state index contributed by atoms with van der Waals surface area (Å²) in [5.74, 6) is 0.264. The zero-order valence-corrected chi connectivity index (χ0v) is 39.0. The van der Waals surface area contributed by atoms with Crippen LogP contribution in [0, 0.1) is 45.3 Å². The average molecular weight is 917 g/mol. The van der Waals surface area contributed by atoms with E-state index in [0.29, 0.717) is 19.3 Å². The van der Waals surface area contributed by atoms with E-state index in [2.05, 4.69) is 54.5 Å². The van der Waals surface area contributed by atoms with Crippen molar-refractivity contribution in [1.82, 2.24) is 0 Å². The van der Waals surface area contributed by atoms with E-state index in [1.807, 2.05) is 6.92 Å². The van der Waals surface area contributed by atoms with Crippen LogP contribution in [0.25, 0.3) is 0 Å². The fourth-order valence-corrected chi connectivity index (χ4v) is 14.5. The Hall–Kier alpha value is -0.940. The summed E-state index contributed by atoms with van der Waals surface area (Å²) in [7, 11) is 0. The first-order valence-corrected chi connectivity index (χ1v) is 23.8. The molecular formula is C47H80O17. The van der Waals surface area contributed by atoms with Gasteiger partial charge in [-0.25, -0.2) is 0 Å². The molecule has 24 atom stereocenters. The van der Waals surface area contributed by atoms with E-state index in [1.165, 1.54) is 5.57 Å². The van der Waals surface area contributed by atoms with Crippen molar-refractivity contribution >= 4 is 0 Å². The van der Waals surface area contributed by atoms with Crippen LogP contribution >= 0.6 is 0 Å². The number of aliphatic hydroxyl groups excluding tert-OH is 10. The van der Waals surface area contributed by atoms with Crippen molar-refractivity contribution in [1.29, 1.82) is 0 Å². The van der Waals surface area contributed by atoms with E-state index < -0.39 is 129 Å². The van der Waals surface area contributed by atoms with Crippen molar-refractivity contribution in [2.45, 2.75) is 217 Å². The number of hydrogen-bond donors (Lipinski definition) is 11. The van der Waals surface area contributed by atoms with E-state index in [4.69, 9.17) is 28.4 Å². The zero-order valence-electron chi connectivity index (χ0n) is 39.0. The molecule has 3 saturated heterocycles. The molecule has 0 aromatic carbocycles. The Morgan fingerprint density at radius 2 is 1.22 bits per heavy atom. The molecular weight excluding hydrogens is 836 g/mol. The molecule has 4 aliphatic carbocycles. The highest BCUT2D eigenvalue weighted by Gasteiger charge is 2.71. The van der Waals surface area contributed by atoms with Gasteiger partial charge >= 0.3 is 0 Å². The minimum absolute atomic E-state index is 0.0120. The summed E-state index contributed by atoms with van der Waals surface area (Å²) in [5, 5.41) is 120. The van der Waals surface area contributed by atoms with Gasteiger partial charge in [-0.2, -0.15) is 0 Å². The first-order valence-electron chi connectivity index (χ1n) is 23.8. The summed E-state index contributed by atoms with van der Waals surface area (Å²) in [4.78, 5) is 0. The van der Waals surface area contributed by atoms with Crippen LogP contribution in [-0.2, 0) is 28.4 Å². The normalized spacial score (nSPS) is 52.5. The van der Waals surface area contributed by atoms with E-state index >= 15 is 0 Å². The Labute approximate surface area is 377 Å². The Morgan fingerprint density at radius 3 is 1.80 bits per heavy atom. The Kier molecular flexibility index (Phi) is 14.9. The third-order valence-corrected chi connectivity index (χ3v) is 18.3. The van der Waals surface area contributed by atoms with Gasteiger partial charge < -0.3 is 84.6 Å². The van der Waals surface area contributed by atoms with Crippen molar-refractivity contribution in [2.24, 2.45) is 45.3 Å². The van der Waals surface area contributed by atoms with Gasteiger partial charge in [0.1, 0.15) is 67.1 Å². The Bertz CT molecular complexity index is 1630. The van der Waals surface area contributed by atoms with Crippen molar-refractivity contribution in [3.8, 4) is 0 Å². The van der Waals surface area contributed by atoms with E-state index in [0.717, 1.165) is 38.5 Å². The zero-order chi connectivity index (χ0) is 47.1. The van der Waals surface area contributed by atoms with Crippen LogP contribution in [0.3, 0.4) is 0 Å². The second kappa shape index (κ2) is 18.8. The number of allylic oxidation sites excluding steroid dienone is 2. The summed E-state index contributed by atoms with van der Waals surface area (Å²) in [5.41, 5.74) is -0.680. The number of hydrogen-bond acceptors (Lipinski definition) is 17. The van der Waals surface area contributed by atoms with Gasteiger partial charge in [-0.15, -0.1) is 0 Å². The molecule has 4 unspecified atom stereocenters. The molecule has 0 spiro atoms. The highest BCUT2D eigenvalue weighted by atomic mass is 16.8. The van der Waals surface area contributed by atoms with Crippen LogP contribution < -0.4 is 0 Å². The summed E-state index contributed by atoms with van der Waals surface area (Å²) < 4.78 is 36.4. The summed E-state index contributed by atoms with van der Waals surface area (Å²) in [6.07, 6.45) is -14.4. The molecule has 3 aliphatic heterocycles. The van der Waals surface area contributed by atoms with Crippen molar-refractivity contribution in [3.05, 3.63) is 11.6 Å². The lowest BCUT2D eigenvalue weighted by Gasteiger charge is -2.70. The molecule has 7 rings (SSSR count). The maximum atomic E-state index is 12.3. The summed E-state index contributed by atoms with van der Waals surface area (Å²) in [6.45, 7) is 15.7. The maximum Gasteiger partial charge on any atom is 0.187 e. The third kappa shape index (κ3) is 8.60. The van der Waals surface area contributed by atoms with Gasteiger partial charge in [0.05, 0.1) is 37.6 Å². The average Bonchev–Trinajstić information content (AvgIpc) is 3.62. The minimum atomic E-state index is -1.83. The number of fused-ring (bicyclic) bond motifs is 5. The minimum Gasteiger partial charge on any atom is -0.394 e. The lowest BCUT2D eigenvalue weighted by atomic mass is 9.35. The molecule has 0 amide bonds. The Balaban J connectivity index is 1.12. The van der Waals surface area contributed by atoms with Gasteiger partial charge in [-0.1, -0.05) is 46.3 Å². The van der Waals surface area contributed by atoms with Crippen LogP contribution in [0.1, 0.15) is 113 Å². The van der Waals surface area contributed by atoms with Gasteiger partial charge in [0, 0.05) is 0 Å². The fourth-order valence-electron chi connectivity index (χ4n) is 14.5. The molecule has 7 fully saturated rings. The van der Waals surface area contributed by atoms with Gasteiger partial charge in [0.2, 0.25) is 0 Å². The number of ether oxygens (including phenoxy) is 6. The molecule has 17 heteroatoms. The largest absolute Gasteiger partial charge is 0.394 e. The topological polar surface area (TPSA) is 278 Å². The molecule has 17 nitrogen and oxygen atoms in total. The molecule has 0 bridgehead atoms. The molecule has 4 saturated carbocycles. The molecule has 0 aromatic rings. The summed E-state index contributed by atoms with van der Waals surface area (Å²) in [6, 6.07) is 0. The highest BCUT2D eigenvalue weighted by molar-refractivity contribution is 5.20. The van der Waals surface area contributed by atoms with Crippen LogP contribution in [0.15, 0.2) is 11.6 Å². The van der Waals surface area contributed by atoms with Gasteiger partial charge in [0.15, 0.2) is 18.9 Å². The quantitative estimate of drug-likeness (QED) is 0.0946. The second-order valence-electron chi connectivity index (χ2n) is 22.5. The van der Waals surface area contributed by atoms with Crippen LogP contribution in [0.2, 0.25) is 0 Å². The SMILES string of the molecule is CC(C)=CCCC(C)(O)C1CC[C@]2(C)C1[C@H](O)C[C@@H]1[C@@]3(C)CC[C@H](O[C@@H]4O[C@H](CO)[C@@H](O)[C@H](O)[C@H]4O[C@@H]4O[C@H](CO)[C@@H](O)[C@H](O)[C@H]4O[C@@H]4OC[C@@H](O)[C@H](O)[C@H]4O)C(C)(C)C3CC[C@]12C. The first kappa shape index (κ1) is 50.9. The molecule has 7 aliphatic rings. The van der Waals surface area contributed by atoms with Gasteiger partial charge in [-0.3, -0.25) is 0 Å². The van der Waals surface area contributed by atoms with Gasteiger partial charge in [-0.05, 0) is 124 Å². The van der Waals surface area contributed by atoms with Crippen LogP contribution in [0.5, 0.6) is 0 Å². The molecule has 0 aromatic heterocycles. The summed E-state index contributed by atoms with van der Waals surface area (Å²) >= 11 is 0. The van der Waals surface area contributed by atoms with Crippen molar-refractivity contribution < 1.29 is 84.6 Å². The maximum absolute atomic E-state index is 12.3. The molecule has 3 heterocycles. The lowest BCUT2D eigenvalue weighted by Crippen LogP contribution is -2.68. The van der Waals surface area contributed by atoms with Gasteiger partial charge in [0.25, 0.3) is 0 Å². The van der Waals surface area contributed by atoms with E-state index in [9.17, 15) is 56.2 Å². The second-order valence-corrected chi connectivity index (χ2v) is 22.5. The van der Waals surface area contributed by atoms with Crippen LogP contribution in [-0.4, -0.2) is 180 Å². The predicted molar refractivity (Wildman–Crippen MR) is 228 cm³/mol. The molecule has 370 valence electrons. The molecule has 11 N–H and O–H groups in total. The van der Waals surface area contributed by atoms with E-state index in [-0.39, 0.29) is 39.9 Å². The lowest BCUT2D eigenvalue weighted by molar-refractivity contribution is -0.395. The standard InChI is InChI=1S/C47H80O17/c1-22(2)10-9-14-47(8,58)23-11-16-46(7)31(23)24(50)18-29-44(5)15-13-30(43(3,4)28(44)12-17-45(29,46)6)62-41-38(35(55)33(53)26(19-48)60-41)64-42-39(36(56)34(54)27(20-49)61-42)63-40-37(57)32(52)25(51)21-59-40/h10,23-42,48-58H,9,11-21H2,1-8H3/t23?,24-,25-,26-,27-,28?,29-,30+,31?,32+,33-,34-,35+,36+,37-,38-,39-,40+,41+,42+,44+,45-,46-,47?/m1/s1. The number of rotatable bonds is 12. The molecule has 0 radical (unpaired) electrons. The number of aliphatic hydroxyl groups is 11. The Morgan fingerprint density at radius 1 is 0.656 bits per heavy atom.